The highest BCUT2D eigenvalue weighted by atomic mass is 28.4. The second kappa shape index (κ2) is 13.7. The van der Waals surface area contributed by atoms with E-state index in [2.05, 4.69) is 0 Å². The van der Waals surface area contributed by atoms with E-state index in [4.69, 9.17) is 22.8 Å². The van der Waals surface area contributed by atoms with Gasteiger partial charge in [0.2, 0.25) is 0 Å². The van der Waals surface area contributed by atoms with Crippen molar-refractivity contribution in [1.29, 1.82) is 0 Å². The molecular weight excluding hydrogens is 414 g/mol. The first-order valence-electron chi connectivity index (χ1n) is 10.2. The van der Waals surface area contributed by atoms with E-state index in [1.165, 1.54) is 14.2 Å². The lowest BCUT2D eigenvalue weighted by Gasteiger charge is -2.28. The Kier molecular flexibility index (Phi) is 12.1. The summed E-state index contributed by atoms with van der Waals surface area (Å²) in [6.07, 6.45) is 0.425. The van der Waals surface area contributed by atoms with Crippen molar-refractivity contribution < 1.29 is 22.8 Å². The van der Waals surface area contributed by atoms with Gasteiger partial charge in [0, 0.05) is 46.6 Å². The number of hydrogen-bond acceptors (Lipinski definition) is 8. The molecule has 0 saturated carbocycles. The number of methoxy groups -OCH3 is 2. The highest BCUT2D eigenvalue weighted by Crippen LogP contribution is 2.18. The zero-order valence-electron chi connectivity index (χ0n) is 18.7. The Labute approximate surface area is 177 Å². The molecule has 0 fully saturated rings. The van der Waals surface area contributed by atoms with E-state index in [9.17, 15) is 14.4 Å². The summed E-state index contributed by atoms with van der Waals surface area (Å²) in [6, 6.07) is 0.448. The van der Waals surface area contributed by atoms with Crippen LogP contribution in [0.4, 0.5) is 0 Å². The number of aromatic nitrogens is 3. The summed E-state index contributed by atoms with van der Waals surface area (Å²) in [5.41, 5.74) is -1.99. The standard InChI is InChI=1S/C18H35N3O8Si/c1-6-27-30(28-7-2,29-8-3)15-9-10-19-16(22)20(11-13-25-4)18(24)21(17(19)23)12-14-26-5/h6-15H2,1-5H3. The molecule has 0 unspecified atom stereocenters. The van der Waals surface area contributed by atoms with Crippen molar-refractivity contribution in [3.63, 3.8) is 0 Å². The summed E-state index contributed by atoms with van der Waals surface area (Å²) in [5, 5.41) is 0. The van der Waals surface area contributed by atoms with Crippen LogP contribution < -0.4 is 17.1 Å². The lowest BCUT2D eigenvalue weighted by atomic mass is 10.4. The van der Waals surface area contributed by atoms with Gasteiger partial charge >= 0.3 is 25.9 Å². The Morgan fingerprint density at radius 2 is 1.03 bits per heavy atom. The van der Waals surface area contributed by atoms with Gasteiger partial charge in [0.1, 0.15) is 0 Å². The Morgan fingerprint density at radius 1 is 0.667 bits per heavy atom. The van der Waals surface area contributed by atoms with E-state index in [1.807, 2.05) is 20.8 Å². The van der Waals surface area contributed by atoms with Gasteiger partial charge in [0.05, 0.1) is 26.3 Å². The van der Waals surface area contributed by atoms with Crippen LogP contribution in [0.2, 0.25) is 6.04 Å². The van der Waals surface area contributed by atoms with Gasteiger partial charge in [-0.1, -0.05) is 0 Å². The SMILES string of the molecule is CCO[Si](CCCn1c(=O)n(CCOC)c(=O)n(CCOC)c1=O)(OCC)OCC. The molecule has 0 aliphatic carbocycles. The maximum absolute atomic E-state index is 12.8. The maximum Gasteiger partial charge on any atom is 0.500 e. The molecule has 0 N–H and O–H groups in total. The van der Waals surface area contributed by atoms with Gasteiger partial charge in [-0.25, -0.2) is 28.1 Å². The van der Waals surface area contributed by atoms with Gasteiger partial charge in [0.25, 0.3) is 0 Å². The first-order valence-corrected chi connectivity index (χ1v) is 12.2. The fraction of sp³-hybridized carbons (Fsp3) is 0.833. The van der Waals surface area contributed by atoms with Crippen LogP contribution in [0.25, 0.3) is 0 Å². The molecule has 0 bridgehead atoms. The molecule has 12 heteroatoms. The highest BCUT2D eigenvalue weighted by molar-refractivity contribution is 6.60. The summed E-state index contributed by atoms with van der Waals surface area (Å²) in [4.78, 5) is 38.2. The van der Waals surface area contributed by atoms with E-state index < -0.39 is 25.9 Å². The van der Waals surface area contributed by atoms with Crippen molar-refractivity contribution in [3.05, 3.63) is 31.5 Å². The van der Waals surface area contributed by atoms with Gasteiger partial charge in [-0.15, -0.1) is 0 Å². The van der Waals surface area contributed by atoms with E-state index in [1.54, 1.807) is 0 Å². The van der Waals surface area contributed by atoms with Gasteiger partial charge in [0.15, 0.2) is 0 Å². The third-order valence-electron chi connectivity index (χ3n) is 4.38. The van der Waals surface area contributed by atoms with Crippen molar-refractivity contribution in [2.24, 2.45) is 0 Å². The van der Waals surface area contributed by atoms with Crippen LogP contribution in [0.1, 0.15) is 27.2 Å². The van der Waals surface area contributed by atoms with Crippen LogP contribution in [0.5, 0.6) is 0 Å². The van der Waals surface area contributed by atoms with Gasteiger partial charge in [-0.05, 0) is 27.2 Å². The Bertz CT molecular complexity index is 741. The van der Waals surface area contributed by atoms with Crippen molar-refractivity contribution in [2.75, 3.05) is 47.3 Å². The van der Waals surface area contributed by atoms with Crippen LogP contribution in [0.15, 0.2) is 14.4 Å². The second-order valence-corrected chi connectivity index (χ2v) is 9.11. The van der Waals surface area contributed by atoms with Crippen LogP contribution in [-0.4, -0.2) is 69.8 Å². The summed E-state index contributed by atoms with van der Waals surface area (Å²) >= 11 is 0. The first-order chi connectivity index (χ1) is 14.4. The normalized spacial score (nSPS) is 11.9. The summed E-state index contributed by atoms with van der Waals surface area (Å²) in [7, 11) is 0.0553. The molecule has 0 aliphatic rings. The van der Waals surface area contributed by atoms with E-state index in [0.29, 0.717) is 32.3 Å². The largest absolute Gasteiger partial charge is 0.500 e. The Hall–Kier alpha value is -1.57. The third-order valence-corrected chi connectivity index (χ3v) is 7.53. The molecule has 30 heavy (non-hydrogen) atoms. The smallest absolute Gasteiger partial charge is 0.383 e. The van der Waals surface area contributed by atoms with E-state index >= 15 is 0 Å². The molecule has 1 heterocycles. The maximum atomic E-state index is 12.8. The first kappa shape index (κ1) is 26.5. The van der Waals surface area contributed by atoms with E-state index in [0.717, 1.165) is 13.7 Å². The zero-order chi connectivity index (χ0) is 22.6. The van der Waals surface area contributed by atoms with E-state index in [-0.39, 0.29) is 32.8 Å². The van der Waals surface area contributed by atoms with Crippen LogP contribution >= 0.6 is 0 Å². The lowest BCUT2D eigenvalue weighted by Crippen LogP contribution is -2.55. The van der Waals surface area contributed by atoms with Crippen molar-refractivity contribution in [3.8, 4) is 0 Å². The summed E-state index contributed by atoms with van der Waals surface area (Å²) in [5.74, 6) is 0. The molecule has 0 saturated heterocycles. The molecule has 0 aliphatic heterocycles. The fourth-order valence-electron chi connectivity index (χ4n) is 3.08. The molecule has 0 atom stereocenters. The lowest BCUT2D eigenvalue weighted by molar-refractivity contribution is 0.0704. The average Bonchev–Trinajstić information content (AvgIpc) is 2.71. The highest BCUT2D eigenvalue weighted by Gasteiger charge is 2.39. The van der Waals surface area contributed by atoms with Crippen molar-refractivity contribution in [1.82, 2.24) is 13.7 Å². The van der Waals surface area contributed by atoms with Crippen LogP contribution in [-0.2, 0) is 42.4 Å². The molecule has 1 rings (SSSR count). The minimum Gasteiger partial charge on any atom is -0.383 e. The van der Waals surface area contributed by atoms with Crippen LogP contribution in [0, 0.1) is 0 Å². The number of ether oxygens (including phenoxy) is 2. The third kappa shape index (κ3) is 6.99. The fourth-order valence-corrected chi connectivity index (χ4v) is 5.67. The zero-order valence-corrected chi connectivity index (χ0v) is 19.7. The molecule has 0 aromatic carbocycles. The molecular formula is C18H35N3O8Si. The minimum atomic E-state index is -2.90. The van der Waals surface area contributed by atoms with Crippen molar-refractivity contribution >= 4 is 8.80 Å². The van der Waals surface area contributed by atoms with Crippen LogP contribution in [0.3, 0.4) is 0 Å². The Balaban J connectivity index is 3.21. The monoisotopic (exact) mass is 449 g/mol. The molecule has 1 aromatic heterocycles. The predicted octanol–water partition coefficient (Wildman–Crippen LogP) is -0.0970. The second-order valence-electron chi connectivity index (χ2n) is 6.37. The van der Waals surface area contributed by atoms with Gasteiger partial charge in [-0.2, -0.15) is 0 Å². The number of nitrogens with zero attached hydrogens (tertiary/aromatic N) is 3. The topological polar surface area (TPSA) is 112 Å². The number of hydrogen-bond donors (Lipinski definition) is 0. The molecule has 174 valence electrons. The molecule has 0 radical (unpaired) electrons. The minimum absolute atomic E-state index is 0.0525. The summed E-state index contributed by atoms with van der Waals surface area (Å²) < 4.78 is 30.5. The van der Waals surface area contributed by atoms with Gasteiger partial charge < -0.3 is 22.8 Å². The molecule has 0 spiro atoms. The predicted molar refractivity (Wildman–Crippen MR) is 113 cm³/mol. The molecule has 11 nitrogen and oxygen atoms in total. The quantitative estimate of drug-likeness (QED) is 0.322. The Morgan fingerprint density at radius 3 is 1.37 bits per heavy atom. The van der Waals surface area contributed by atoms with Crippen molar-refractivity contribution in [2.45, 2.75) is 52.9 Å². The number of rotatable bonds is 16. The molecule has 0 amide bonds. The average molecular weight is 450 g/mol. The summed E-state index contributed by atoms with van der Waals surface area (Å²) in [6.45, 7) is 7.49. The molecule has 1 aromatic rings. The van der Waals surface area contributed by atoms with Gasteiger partial charge in [-0.3, -0.25) is 0 Å².